The molecular weight excluding hydrogens is 876 g/mol. The molecule has 21 nitrogen and oxygen atoms in total. The van der Waals surface area contributed by atoms with E-state index in [-0.39, 0.29) is 66.5 Å². The average Bonchev–Trinajstić information content (AvgIpc) is 3.72. The van der Waals surface area contributed by atoms with E-state index < -0.39 is 141 Å². The van der Waals surface area contributed by atoms with Crippen LogP contribution in [0.4, 0.5) is 0 Å². The molecule has 4 heterocycles. The zero-order chi connectivity index (χ0) is 48.0. The lowest BCUT2D eigenvalue weighted by Crippen LogP contribution is -2.67. The molecule has 28 atom stereocenters. The van der Waals surface area contributed by atoms with Crippen LogP contribution in [0.15, 0.2) is 0 Å². The Labute approximate surface area is 384 Å². The van der Waals surface area contributed by atoms with Gasteiger partial charge in [-0.05, 0) is 80.0 Å². The average molecular weight is 953 g/mol. The summed E-state index contributed by atoms with van der Waals surface area (Å²) >= 11 is 0. The molecule has 21 heteroatoms. The molecule has 4 aliphatic heterocycles. The highest BCUT2D eigenvalue weighted by Gasteiger charge is 2.71. The zero-order valence-corrected chi connectivity index (χ0v) is 38.2. The van der Waals surface area contributed by atoms with Crippen LogP contribution in [0, 0.1) is 46.3 Å². The quantitative estimate of drug-likeness (QED) is 0.0790. The van der Waals surface area contributed by atoms with Gasteiger partial charge < -0.3 is 105 Å². The smallest absolute Gasteiger partial charge is 0.187 e. The van der Waals surface area contributed by atoms with Crippen molar-refractivity contribution in [3.8, 4) is 0 Å². The monoisotopic (exact) mass is 952 g/mol. The molecule has 0 bridgehead atoms. The van der Waals surface area contributed by atoms with Crippen molar-refractivity contribution in [2.24, 2.45) is 46.3 Å². The van der Waals surface area contributed by atoms with Gasteiger partial charge in [-0.1, -0.05) is 27.7 Å². The van der Waals surface area contributed by atoms with Crippen molar-refractivity contribution in [1.82, 2.24) is 0 Å². The second-order valence-electron chi connectivity index (χ2n) is 21.8. The minimum Gasteiger partial charge on any atom is -0.394 e. The van der Waals surface area contributed by atoms with Gasteiger partial charge in [-0.3, -0.25) is 0 Å². The van der Waals surface area contributed by atoms with Gasteiger partial charge in [0.2, 0.25) is 0 Å². The van der Waals surface area contributed by atoms with Crippen molar-refractivity contribution in [2.75, 3.05) is 26.4 Å². The van der Waals surface area contributed by atoms with Crippen LogP contribution in [0.5, 0.6) is 0 Å². The summed E-state index contributed by atoms with van der Waals surface area (Å²) in [5, 5.41) is 150. The number of ether oxygens (including phenoxy) is 7. The van der Waals surface area contributed by atoms with Crippen LogP contribution in [-0.2, 0) is 33.2 Å². The number of hydrogen-bond donors (Lipinski definition) is 14. The van der Waals surface area contributed by atoms with Crippen LogP contribution in [0.1, 0.15) is 85.5 Å². The van der Waals surface area contributed by atoms with E-state index in [0.717, 1.165) is 19.3 Å². The van der Waals surface area contributed by atoms with Crippen LogP contribution >= 0.6 is 0 Å². The molecule has 0 radical (unpaired) electrons. The highest BCUT2D eigenvalue weighted by Crippen LogP contribution is 2.71. The first-order valence-corrected chi connectivity index (χ1v) is 24.0. The number of aliphatic hydroxyl groups excluding tert-OH is 12. The van der Waals surface area contributed by atoms with Crippen molar-refractivity contribution in [1.29, 1.82) is 0 Å². The fraction of sp³-hybridized carbons (Fsp3) is 1.00. The molecule has 8 rings (SSSR count). The molecule has 14 N–H and O–H groups in total. The Morgan fingerprint density at radius 1 is 0.652 bits per heavy atom. The highest BCUT2D eigenvalue weighted by atomic mass is 16.7. The first-order chi connectivity index (χ1) is 31.1. The van der Waals surface area contributed by atoms with E-state index in [1.165, 1.54) is 0 Å². The molecule has 4 saturated carbocycles. The maximum atomic E-state index is 12.6. The molecule has 4 aliphatic carbocycles. The molecule has 0 amide bonds. The Balaban J connectivity index is 0.868. The SMILES string of the molecule is CC(CC[C@]1(O)O[C@H]2C[C@H]3[C@@H]4CC[C@@]5(O)C[C@@H](O[C@@H]6O[C@H](CO)[C@@H](O[C@@H]7O[C@H](CO)[C@@H](O)[C@H](O)[C@H]7O)[C@H](O)[C@H]6O)[C@H](O)C[C@]5(C)[C@H]4CC[C@]3(C)[C@H]2[C@@H]1C)CO[C@@H]1O[C@H](CO)[C@@H](O)[C@H](O)[C@H]1O. The number of fused-ring (bicyclic) bond motifs is 7. The lowest BCUT2D eigenvalue weighted by molar-refractivity contribution is -0.369. The first kappa shape index (κ1) is 51.5. The van der Waals surface area contributed by atoms with Crippen LogP contribution in [0.2, 0.25) is 0 Å². The van der Waals surface area contributed by atoms with E-state index in [1.807, 2.05) is 13.8 Å². The van der Waals surface area contributed by atoms with Crippen LogP contribution in [-0.4, -0.2) is 220 Å². The summed E-state index contributed by atoms with van der Waals surface area (Å²) in [5.74, 6) is -1.05. The lowest BCUT2D eigenvalue weighted by atomic mass is 9.42. The first-order valence-electron chi connectivity index (χ1n) is 24.0. The Bertz CT molecular complexity index is 1640. The minimum absolute atomic E-state index is 0.0114. The zero-order valence-electron chi connectivity index (χ0n) is 38.2. The van der Waals surface area contributed by atoms with Gasteiger partial charge in [0.1, 0.15) is 73.2 Å². The fourth-order valence-electron chi connectivity index (χ4n) is 14.2. The second-order valence-corrected chi connectivity index (χ2v) is 21.8. The maximum absolute atomic E-state index is 12.6. The van der Waals surface area contributed by atoms with Gasteiger partial charge in [0, 0.05) is 24.2 Å². The number of aliphatic hydroxyl groups is 14. The van der Waals surface area contributed by atoms with Gasteiger partial charge in [-0.2, -0.15) is 0 Å². The molecule has 0 aromatic carbocycles. The third kappa shape index (κ3) is 8.63. The normalized spacial score (nSPS) is 56.5. The van der Waals surface area contributed by atoms with Crippen molar-refractivity contribution >= 4 is 0 Å². The van der Waals surface area contributed by atoms with E-state index in [0.29, 0.717) is 25.7 Å². The maximum Gasteiger partial charge on any atom is 0.187 e. The van der Waals surface area contributed by atoms with Crippen molar-refractivity contribution in [3.63, 3.8) is 0 Å². The van der Waals surface area contributed by atoms with Gasteiger partial charge in [0.25, 0.3) is 0 Å². The molecule has 0 spiro atoms. The molecule has 8 aliphatic rings. The van der Waals surface area contributed by atoms with Gasteiger partial charge in [0.15, 0.2) is 24.7 Å². The summed E-state index contributed by atoms with van der Waals surface area (Å²) < 4.78 is 41.0. The number of rotatable bonds is 13. The van der Waals surface area contributed by atoms with Crippen LogP contribution < -0.4 is 0 Å². The van der Waals surface area contributed by atoms with Crippen molar-refractivity contribution in [2.45, 2.75) is 207 Å². The lowest BCUT2D eigenvalue weighted by Gasteiger charge is -2.65. The summed E-state index contributed by atoms with van der Waals surface area (Å²) in [4.78, 5) is 0. The van der Waals surface area contributed by atoms with E-state index in [4.69, 9.17) is 33.2 Å². The Morgan fingerprint density at radius 2 is 1.23 bits per heavy atom. The third-order valence-corrected chi connectivity index (χ3v) is 18.2. The third-order valence-electron chi connectivity index (χ3n) is 18.2. The standard InChI is InChI=1S/C45H76O21/c1-18(17-60-39-35(55)32(52)30(50)26(14-46)62-39)5-10-45(59)19(2)29-24(66-45)11-22-20-6-9-44(58)13-25(23(49)12-43(44,4)21(20)7-8-42(22,29)3)61-40-37(57)34(54)38(28(16-48)64-40)65-41-36(56)33(53)31(51)27(15-47)63-41/h18-41,46-59H,5-17H2,1-4H3/t18?,19-,20+,21-,22-,23+,24-,25+,26+,27+,28+,29-,30+,31+,32-,33-,34+,35+,36+,37+,38+,39+,40+,41-,42-,43+,44+,45-/m0/s1. The predicted molar refractivity (Wildman–Crippen MR) is 222 cm³/mol. The second kappa shape index (κ2) is 19.3. The molecule has 0 aromatic heterocycles. The molecule has 8 fully saturated rings. The van der Waals surface area contributed by atoms with E-state index >= 15 is 0 Å². The number of hydrogen-bond acceptors (Lipinski definition) is 21. The molecule has 4 saturated heterocycles. The molecule has 1 unspecified atom stereocenters. The molecule has 66 heavy (non-hydrogen) atoms. The van der Waals surface area contributed by atoms with Crippen molar-refractivity contribution < 1.29 is 105 Å². The Hall–Kier alpha value is -0.840. The Kier molecular flexibility index (Phi) is 15.1. The van der Waals surface area contributed by atoms with Gasteiger partial charge in [-0.15, -0.1) is 0 Å². The summed E-state index contributed by atoms with van der Waals surface area (Å²) in [6.07, 6.45) is -20.8. The minimum atomic E-state index is -1.82. The van der Waals surface area contributed by atoms with Gasteiger partial charge in [0.05, 0.1) is 50.3 Å². The van der Waals surface area contributed by atoms with Gasteiger partial charge in [-0.25, -0.2) is 0 Å². The van der Waals surface area contributed by atoms with E-state index in [1.54, 1.807) is 0 Å². The van der Waals surface area contributed by atoms with E-state index in [2.05, 4.69) is 13.8 Å². The fourth-order valence-corrected chi connectivity index (χ4v) is 14.2. The predicted octanol–water partition coefficient (Wildman–Crippen LogP) is -3.69. The summed E-state index contributed by atoms with van der Waals surface area (Å²) in [5.41, 5.74) is -2.13. The molecular formula is C45H76O21. The Morgan fingerprint density at radius 3 is 1.86 bits per heavy atom. The van der Waals surface area contributed by atoms with Crippen molar-refractivity contribution in [3.05, 3.63) is 0 Å². The topological polar surface area (TPSA) is 348 Å². The largest absolute Gasteiger partial charge is 0.394 e. The van der Waals surface area contributed by atoms with E-state index in [9.17, 15) is 71.5 Å². The summed E-state index contributed by atoms with van der Waals surface area (Å²) in [6.45, 7) is 6.44. The van der Waals surface area contributed by atoms with Crippen LogP contribution in [0.3, 0.4) is 0 Å². The summed E-state index contributed by atoms with van der Waals surface area (Å²) in [7, 11) is 0. The van der Waals surface area contributed by atoms with Crippen LogP contribution in [0.25, 0.3) is 0 Å². The van der Waals surface area contributed by atoms with Gasteiger partial charge >= 0.3 is 0 Å². The summed E-state index contributed by atoms with van der Waals surface area (Å²) in [6, 6.07) is 0. The molecule has 382 valence electrons. The highest BCUT2D eigenvalue weighted by molar-refractivity contribution is 5.18. The molecule has 0 aromatic rings.